The molecule has 1 rings (SSSR count). The molecule has 0 saturated carbocycles. The summed E-state index contributed by atoms with van der Waals surface area (Å²) in [5.74, 6) is -1.61. The third kappa shape index (κ3) is 4.03. The number of nitrogens with one attached hydrogen (secondary N) is 1. The van der Waals surface area contributed by atoms with Gasteiger partial charge in [-0.3, -0.25) is 4.79 Å². The summed E-state index contributed by atoms with van der Waals surface area (Å²) in [4.78, 5) is 10.4. The van der Waals surface area contributed by atoms with E-state index < -0.39 is 17.5 Å². The summed E-state index contributed by atoms with van der Waals surface area (Å²) in [6.07, 6.45) is 0.197. The van der Waals surface area contributed by atoms with Gasteiger partial charge in [-0.15, -0.1) is 0 Å². The molecule has 0 atom stereocenters. The minimum Gasteiger partial charge on any atom is -0.370 e. The highest BCUT2D eigenvalue weighted by Gasteiger charge is 2.03. The molecule has 0 aliphatic carbocycles. The fraction of sp³-hybridized carbons (Fsp3) is 0.300. The first kappa shape index (κ1) is 11.6. The molecule has 15 heavy (non-hydrogen) atoms. The van der Waals surface area contributed by atoms with Crippen molar-refractivity contribution in [2.45, 2.75) is 13.0 Å². The van der Waals surface area contributed by atoms with Crippen molar-refractivity contribution in [2.75, 3.05) is 6.54 Å². The van der Waals surface area contributed by atoms with Crippen LogP contribution in [0.5, 0.6) is 0 Å². The van der Waals surface area contributed by atoms with E-state index in [1.54, 1.807) is 0 Å². The Labute approximate surface area is 86.3 Å². The molecule has 0 saturated heterocycles. The molecule has 82 valence electrons. The molecule has 0 bridgehead atoms. The van der Waals surface area contributed by atoms with Crippen molar-refractivity contribution in [1.82, 2.24) is 5.32 Å². The Balaban J connectivity index is 2.40. The molecular formula is C10H12F2N2O. The molecule has 3 N–H and O–H groups in total. The highest BCUT2D eigenvalue weighted by Crippen LogP contribution is 2.08. The average Bonchev–Trinajstić information content (AvgIpc) is 2.14. The summed E-state index contributed by atoms with van der Waals surface area (Å²) >= 11 is 0. The molecule has 3 nitrogen and oxygen atoms in total. The van der Waals surface area contributed by atoms with Gasteiger partial charge in [0.25, 0.3) is 0 Å². The minimum absolute atomic E-state index is 0.197. The zero-order valence-corrected chi connectivity index (χ0v) is 8.09. The number of carbonyl (C=O) groups excluding carboxylic acids is 1. The molecule has 0 fully saturated rings. The molecule has 1 aromatic carbocycles. The molecule has 0 aliphatic heterocycles. The van der Waals surface area contributed by atoms with Gasteiger partial charge in [-0.2, -0.15) is 0 Å². The Morgan fingerprint density at radius 1 is 1.40 bits per heavy atom. The van der Waals surface area contributed by atoms with Gasteiger partial charge in [-0.1, -0.05) is 6.07 Å². The van der Waals surface area contributed by atoms with Gasteiger partial charge in [0.15, 0.2) is 0 Å². The van der Waals surface area contributed by atoms with Gasteiger partial charge < -0.3 is 11.1 Å². The minimum atomic E-state index is -0.603. The summed E-state index contributed by atoms with van der Waals surface area (Å²) in [5, 5.41) is 2.83. The van der Waals surface area contributed by atoms with Crippen molar-refractivity contribution < 1.29 is 13.6 Å². The molecule has 1 aromatic rings. The van der Waals surface area contributed by atoms with E-state index in [0.717, 1.165) is 6.07 Å². The smallest absolute Gasteiger partial charge is 0.218 e. The normalized spacial score (nSPS) is 10.3. The fourth-order valence-corrected chi connectivity index (χ4v) is 1.10. The SMILES string of the molecule is NC(=O)CCNCc1ccc(F)cc1F. The second-order valence-electron chi connectivity index (χ2n) is 3.13. The van der Waals surface area contributed by atoms with Crippen LogP contribution in [0.1, 0.15) is 12.0 Å². The van der Waals surface area contributed by atoms with Crippen molar-refractivity contribution in [3.05, 3.63) is 35.4 Å². The lowest BCUT2D eigenvalue weighted by Crippen LogP contribution is -2.22. The van der Waals surface area contributed by atoms with Gasteiger partial charge in [-0.25, -0.2) is 8.78 Å². The van der Waals surface area contributed by atoms with Crippen molar-refractivity contribution in [3.63, 3.8) is 0 Å². The van der Waals surface area contributed by atoms with Crippen LogP contribution in [0.2, 0.25) is 0 Å². The van der Waals surface area contributed by atoms with Crippen LogP contribution in [-0.2, 0) is 11.3 Å². The van der Waals surface area contributed by atoms with Crippen LogP contribution in [0.3, 0.4) is 0 Å². The Bertz CT molecular complexity index is 355. The zero-order valence-electron chi connectivity index (χ0n) is 8.09. The molecular weight excluding hydrogens is 202 g/mol. The number of carbonyl (C=O) groups is 1. The average molecular weight is 214 g/mol. The quantitative estimate of drug-likeness (QED) is 0.716. The van der Waals surface area contributed by atoms with Gasteiger partial charge in [0, 0.05) is 31.1 Å². The van der Waals surface area contributed by atoms with Crippen LogP contribution in [-0.4, -0.2) is 12.5 Å². The number of hydrogen-bond acceptors (Lipinski definition) is 2. The van der Waals surface area contributed by atoms with Crippen LogP contribution in [0, 0.1) is 11.6 Å². The molecule has 1 amide bonds. The lowest BCUT2D eigenvalue weighted by atomic mass is 10.2. The summed E-state index contributed by atoms with van der Waals surface area (Å²) in [5.41, 5.74) is 5.28. The lowest BCUT2D eigenvalue weighted by molar-refractivity contribution is -0.117. The predicted molar refractivity (Wildman–Crippen MR) is 51.9 cm³/mol. The highest BCUT2D eigenvalue weighted by atomic mass is 19.1. The topological polar surface area (TPSA) is 55.1 Å². The number of primary amides is 1. The second kappa shape index (κ2) is 5.41. The van der Waals surface area contributed by atoms with E-state index in [1.807, 2.05) is 0 Å². The number of hydrogen-bond donors (Lipinski definition) is 2. The maximum atomic E-state index is 13.1. The van der Waals surface area contributed by atoms with Crippen LogP contribution in [0.25, 0.3) is 0 Å². The second-order valence-corrected chi connectivity index (χ2v) is 3.13. The van der Waals surface area contributed by atoms with Crippen LogP contribution >= 0.6 is 0 Å². The summed E-state index contributed by atoms with van der Waals surface area (Å²) in [6, 6.07) is 3.38. The fourth-order valence-electron chi connectivity index (χ4n) is 1.10. The van der Waals surface area contributed by atoms with E-state index in [-0.39, 0.29) is 13.0 Å². The van der Waals surface area contributed by atoms with E-state index >= 15 is 0 Å². The monoisotopic (exact) mass is 214 g/mol. The molecule has 0 radical (unpaired) electrons. The summed E-state index contributed by atoms with van der Waals surface area (Å²) in [6.45, 7) is 0.630. The van der Waals surface area contributed by atoms with Gasteiger partial charge in [0.05, 0.1) is 0 Å². The van der Waals surface area contributed by atoms with Crippen molar-refractivity contribution in [3.8, 4) is 0 Å². The lowest BCUT2D eigenvalue weighted by Gasteiger charge is -2.04. The molecule has 0 aromatic heterocycles. The summed E-state index contributed by atoms with van der Waals surface area (Å²) < 4.78 is 25.6. The Morgan fingerprint density at radius 2 is 2.13 bits per heavy atom. The third-order valence-electron chi connectivity index (χ3n) is 1.88. The van der Waals surface area contributed by atoms with Crippen molar-refractivity contribution in [1.29, 1.82) is 0 Å². The number of nitrogens with two attached hydrogens (primary N) is 1. The van der Waals surface area contributed by atoms with Crippen molar-refractivity contribution >= 4 is 5.91 Å². The van der Waals surface area contributed by atoms with Crippen LogP contribution in [0.15, 0.2) is 18.2 Å². The number of rotatable bonds is 5. The Hall–Kier alpha value is -1.49. The predicted octanol–water partition coefficient (Wildman–Crippen LogP) is 0.930. The van der Waals surface area contributed by atoms with E-state index in [9.17, 15) is 13.6 Å². The Kier molecular flexibility index (Phi) is 4.17. The highest BCUT2D eigenvalue weighted by molar-refractivity contribution is 5.73. The van der Waals surface area contributed by atoms with E-state index in [2.05, 4.69) is 5.32 Å². The first-order valence-corrected chi connectivity index (χ1v) is 4.52. The molecule has 0 aliphatic rings. The van der Waals surface area contributed by atoms with Gasteiger partial charge in [0.1, 0.15) is 11.6 Å². The molecule has 0 heterocycles. The largest absolute Gasteiger partial charge is 0.370 e. The number of benzene rings is 1. The maximum Gasteiger partial charge on any atom is 0.218 e. The zero-order chi connectivity index (χ0) is 11.3. The molecule has 0 spiro atoms. The van der Waals surface area contributed by atoms with E-state index in [4.69, 9.17) is 5.73 Å². The Morgan fingerprint density at radius 3 is 2.73 bits per heavy atom. The van der Waals surface area contributed by atoms with E-state index in [0.29, 0.717) is 12.1 Å². The number of halogens is 2. The van der Waals surface area contributed by atoms with Crippen LogP contribution in [0.4, 0.5) is 8.78 Å². The standard InChI is InChI=1S/C10H12F2N2O/c11-8-2-1-7(9(12)5-8)6-14-4-3-10(13)15/h1-2,5,14H,3-4,6H2,(H2,13,15). The van der Waals surface area contributed by atoms with Gasteiger partial charge in [0.2, 0.25) is 5.91 Å². The maximum absolute atomic E-state index is 13.1. The van der Waals surface area contributed by atoms with Gasteiger partial charge in [-0.05, 0) is 6.07 Å². The van der Waals surface area contributed by atoms with Crippen molar-refractivity contribution in [2.24, 2.45) is 5.73 Å². The first-order valence-electron chi connectivity index (χ1n) is 4.52. The van der Waals surface area contributed by atoms with Gasteiger partial charge >= 0.3 is 0 Å². The molecule has 0 unspecified atom stereocenters. The van der Waals surface area contributed by atoms with Crippen LogP contribution < -0.4 is 11.1 Å². The summed E-state index contributed by atoms with van der Waals surface area (Å²) in [7, 11) is 0. The number of amides is 1. The third-order valence-corrected chi connectivity index (χ3v) is 1.88. The van der Waals surface area contributed by atoms with E-state index in [1.165, 1.54) is 12.1 Å². The molecule has 5 heteroatoms. The first-order chi connectivity index (χ1) is 7.09.